The lowest BCUT2D eigenvalue weighted by molar-refractivity contribution is -0.120. The topological polar surface area (TPSA) is 107 Å². The minimum Gasteiger partial charge on any atom is -0.493 e. The predicted molar refractivity (Wildman–Crippen MR) is 149 cm³/mol. The summed E-state index contributed by atoms with van der Waals surface area (Å²) in [7, 11) is 4.35. The Bertz CT molecular complexity index is 1510. The van der Waals surface area contributed by atoms with Gasteiger partial charge in [0.15, 0.2) is 11.5 Å². The van der Waals surface area contributed by atoms with Crippen LogP contribution in [0.1, 0.15) is 21.5 Å². The van der Waals surface area contributed by atoms with Crippen LogP contribution in [0.2, 0.25) is 0 Å². The number of hydrogen-bond acceptors (Lipinski definition) is 7. The van der Waals surface area contributed by atoms with Crippen LogP contribution in [0.15, 0.2) is 77.9 Å². The monoisotopic (exact) mass is 545 g/mol. The molecule has 206 valence electrons. The van der Waals surface area contributed by atoms with Crippen LogP contribution in [0, 0.1) is 5.82 Å². The Morgan fingerprint density at radius 2 is 1.57 bits per heavy atom. The number of halogens is 1. The highest BCUT2D eigenvalue weighted by molar-refractivity contribution is 6.03. The maximum absolute atomic E-state index is 13.2. The van der Waals surface area contributed by atoms with Crippen molar-refractivity contribution in [3.63, 3.8) is 0 Å². The van der Waals surface area contributed by atoms with Gasteiger partial charge in [0.2, 0.25) is 5.75 Å². The van der Waals surface area contributed by atoms with Gasteiger partial charge in [-0.3, -0.25) is 9.59 Å². The molecule has 0 fully saturated rings. The number of nitrogens with one attached hydrogen (secondary N) is 2. The zero-order valence-corrected chi connectivity index (χ0v) is 22.2. The maximum Gasteiger partial charge on any atom is 0.259 e. The number of methoxy groups -OCH3 is 3. The third kappa shape index (κ3) is 6.65. The van der Waals surface area contributed by atoms with Gasteiger partial charge in [0, 0.05) is 11.1 Å². The number of hydrazone groups is 1. The van der Waals surface area contributed by atoms with E-state index in [9.17, 15) is 14.0 Å². The van der Waals surface area contributed by atoms with E-state index in [1.54, 1.807) is 12.1 Å². The molecular formula is C30H28FN3O6. The number of fused-ring (bicyclic) bond motifs is 1. The Balaban J connectivity index is 1.43. The Morgan fingerprint density at radius 3 is 2.25 bits per heavy atom. The molecule has 4 rings (SSSR count). The molecule has 9 nitrogen and oxygen atoms in total. The molecule has 0 unspecified atom stereocenters. The number of benzene rings is 4. The predicted octanol–water partition coefficient (Wildman–Crippen LogP) is 4.46. The maximum atomic E-state index is 13.2. The van der Waals surface area contributed by atoms with Crippen LogP contribution in [0.3, 0.4) is 0 Å². The number of carbonyl (C=O) groups is 2. The third-order valence-corrected chi connectivity index (χ3v) is 5.96. The quantitative estimate of drug-likeness (QED) is 0.213. The molecule has 0 heterocycles. The van der Waals surface area contributed by atoms with Gasteiger partial charge in [0.05, 0.1) is 34.1 Å². The van der Waals surface area contributed by atoms with E-state index in [4.69, 9.17) is 18.9 Å². The summed E-state index contributed by atoms with van der Waals surface area (Å²) in [6, 6.07) is 20.4. The van der Waals surface area contributed by atoms with Crippen molar-refractivity contribution in [3.05, 3.63) is 95.3 Å². The van der Waals surface area contributed by atoms with Gasteiger partial charge in [-0.15, -0.1) is 0 Å². The van der Waals surface area contributed by atoms with E-state index in [2.05, 4.69) is 15.8 Å². The zero-order chi connectivity index (χ0) is 28.5. The molecule has 0 bridgehead atoms. The van der Waals surface area contributed by atoms with Gasteiger partial charge >= 0.3 is 0 Å². The lowest BCUT2D eigenvalue weighted by Gasteiger charge is -2.14. The summed E-state index contributed by atoms with van der Waals surface area (Å²) < 4.78 is 35.0. The van der Waals surface area contributed by atoms with Crippen molar-refractivity contribution in [2.24, 2.45) is 5.10 Å². The second-order valence-corrected chi connectivity index (χ2v) is 8.50. The van der Waals surface area contributed by atoms with Crippen LogP contribution < -0.4 is 29.7 Å². The normalized spacial score (nSPS) is 10.8. The van der Waals surface area contributed by atoms with Crippen molar-refractivity contribution in [2.75, 3.05) is 27.9 Å². The van der Waals surface area contributed by atoms with E-state index in [0.717, 1.165) is 16.3 Å². The number of carbonyl (C=O) groups excluding carboxylic acids is 2. The fraction of sp³-hybridized carbons (Fsp3) is 0.167. The molecular weight excluding hydrogens is 517 g/mol. The highest BCUT2D eigenvalue weighted by atomic mass is 19.1. The van der Waals surface area contributed by atoms with E-state index in [1.807, 2.05) is 36.4 Å². The van der Waals surface area contributed by atoms with Crippen LogP contribution in [0.25, 0.3) is 10.8 Å². The number of rotatable bonds is 11. The summed E-state index contributed by atoms with van der Waals surface area (Å²) in [4.78, 5) is 25.1. The summed E-state index contributed by atoms with van der Waals surface area (Å²) in [6.07, 6.45) is 1.49. The van der Waals surface area contributed by atoms with Gasteiger partial charge in [0.25, 0.3) is 11.8 Å². The first-order valence-corrected chi connectivity index (χ1v) is 12.2. The van der Waals surface area contributed by atoms with E-state index in [1.165, 1.54) is 51.8 Å². The van der Waals surface area contributed by atoms with Gasteiger partial charge in [-0.25, -0.2) is 9.82 Å². The number of hydrogen-bond donors (Lipinski definition) is 2. The zero-order valence-electron chi connectivity index (χ0n) is 22.2. The van der Waals surface area contributed by atoms with Gasteiger partial charge in [0.1, 0.15) is 18.2 Å². The van der Waals surface area contributed by atoms with Crippen molar-refractivity contribution >= 4 is 28.8 Å². The summed E-state index contributed by atoms with van der Waals surface area (Å²) in [6.45, 7) is -0.102. The van der Waals surface area contributed by atoms with Crippen LogP contribution in [-0.2, 0) is 11.4 Å². The van der Waals surface area contributed by atoms with Gasteiger partial charge in [-0.1, -0.05) is 42.5 Å². The molecule has 0 aromatic heterocycles. The van der Waals surface area contributed by atoms with Crippen LogP contribution in [-0.4, -0.2) is 45.9 Å². The number of amides is 2. The van der Waals surface area contributed by atoms with E-state index in [0.29, 0.717) is 28.6 Å². The summed E-state index contributed by atoms with van der Waals surface area (Å²) in [5, 5.41) is 8.46. The molecule has 10 heteroatoms. The molecule has 0 aliphatic carbocycles. The molecule has 4 aromatic rings. The molecule has 40 heavy (non-hydrogen) atoms. The summed E-state index contributed by atoms with van der Waals surface area (Å²) >= 11 is 0. The molecule has 0 aliphatic rings. The second kappa shape index (κ2) is 13.1. The Labute approximate surface area is 230 Å². The van der Waals surface area contributed by atoms with Crippen molar-refractivity contribution in [1.82, 2.24) is 10.7 Å². The number of ether oxygens (including phenoxy) is 4. The second-order valence-electron chi connectivity index (χ2n) is 8.50. The Hall–Kier alpha value is -5.12. The average molecular weight is 546 g/mol. The smallest absolute Gasteiger partial charge is 0.259 e. The fourth-order valence-electron chi connectivity index (χ4n) is 3.96. The van der Waals surface area contributed by atoms with E-state index in [-0.39, 0.29) is 24.5 Å². The average Bonchev–Trinajstić information content (AvgIpc) is 2.99. The van der Waals surface area contributed by atoms with Crippen molar-refractivity contribution < 1.29 is 32.9 Å². The summed E-state index contributed by atoms with van der Waals surface area (Å²) in [5.74, 6) is 0.148. The lowest BCUT2D eigenvalue weighted by atomic mass is 10.0. The van der Waals surface area contributed by atoms with Gasteiger partial charge in [-0.2, -0.15) is 5.10 Å². The molecule has 2 N–H and O–H groups in total. The highest BCUT2D eigenvalue weighted by Gasteiger charge is 2.17. The Morgan fingerprint density at radius 1 is 0.875 bits per heavy atom. The van der Waals surface area contributed by atoms with Crippen LogP contribution in [0.5, 0.6) is 23.0 Å². The third-order valence-electron chi connectivity index (χ3n) is 5.96. The molecule has 0 atom stereocenters. The molecule has 0 radical (unpaired) electrons. The first-order valence-electron chi connectivity index (χ1n) is 12.2. The van der Waals surface area contributed by atoms with Crippen molar-refractivity contribution in [3.8, 4) is 23.0 Å². The minimum atomic E-state index is -0.536. The molecule has 2 amide bonds. The summed E-state index contributed by atoms with van der Waals surface area (Å²) in [5.41, 5.74) is 4.10. The molecule has 0 spiro atoms. The molecule has 4 aromatic carbocycles. The number of nitrogens with zero attached hydrogens (tertiary/aromatic N) is 1. The molecule has 0 saturated heterocycles. The SMILES string of the molecule is COc1cc(C(=O)NCC(=O)NN=Cc2c(OCc3ccc(F)cc3)ccc3ccccc23)cc(OC)c1OC. The van der Waals surface area contributed by atoms with E-state index >= 15 is 0 Å². The lowest BCUT2D eigenvalue weighted by Crippen LogP contribution is -2.35. The van der Waals surface area contributed by atoms with Gasteiger partial charge < -0.3 is 24.3 Å². The van der Waals surface area contributed by atoms with E-state index < -0.39 is 11.8 Å². The fourth-order valence-corrected chi connectivity index (χ4v) is 3.96. The Kier molecular flexibility index (Phi) is 9.14. The minimum absolute atomic E-state index is 0.221. The van der Waals surface area contributed by atoms with Crippen molar-refractivity contribution in [1.29, 1.82) is 0 Å². The largest absolute Gasteiger partial charge is 0.493 e. The molecule has 0 aliphatic heterocycles. The highest BCUT2D eigenvalue weighted by Crippen LogP contribution is 2.38. The van der Waals surface area contributed by atoms with Crippen LogP contribution in [0.4, 0.5) is 4.39 Å². The van der Waals surface area contributed by atoms with Crippen molar-refractivity contribution in [2.45, 2.75) is 6.61 Å². The first-order chi connectivity index (χ1) is 19.4. The van der Waals surface area contributed by atoms with Gasteiger partial charge in [-0.05, 0) is 46.7 Å². The molecule has 0 saturated carbocycles. The standard InChI is InChI=1S/C30H28FN3O6/c1-37-26-14-21(15-27(38-2)29(26)39-3)30(36)32-17-28(35)34-33-16-24-23-7-5-4-6-20(23)10-13-25(24)40-18-19-8-11-22(31)12-9-19/h4-16H,17-18H2,1-3H3,(H,32,36)(H,34,35). The first kappa shape index (κ1) is 27.9. The van der Waals surface area contributed by atoms with Crippen LogP contribution >= 0.6 is 0 Å².